The van der Waals surface area contributed by atoms with Crippen molar-refractivity contribution in [3.8, 4) is 0 Å². The van der Waals surface area contributed by atoms with Crippen LogP contribution in [0, 0.1) is 5.82 Å². The zero-order valence-corrected chi connectivity index (χ0v) is 17.2. The van der Waals surface area contributed by atoms with Gasteiger partial charge in [0.15, 0.2) is 0 Å². The summed E-state index contributed by atoms with van der Waals surface area (Å²) in [6.45, 7) is 0. The predicted molar refractivity (Wildman–Crippen MR) is 113 cm³/mol. The first-order valence-electron chi connectivity index (χ1n) is 8.87. The Labute approximate surface area is 173 Å². The SMILES string of the molecule is O=C(CCSCc1nc2sc3c(c2c(=O)[nH]1)CCC3)Nc1ccc(F)c(Cl)c1. The normalized spacial score (nSPS) is 13.1. The molecule has 9 heteroatoms. The summed E-state index contributed by atoms with van der Waals surface area (Å²) in [5.41, 5.74) is 1.57. The molecule has 1 aliphatic rings. The number of aromatic nitrogens is 2. The first-order chi connectivity index (χ1) is 13.5. The molecule has 1 amide bonds. The van der Waals surface area contributed by atoms with E-state index in [0.717, 1.165) is 29.5 Å². The van der Waals surface area contributed by atoms with Crippen molar-refractivity contribution in [2.24, 2.45) is 0 Å². The van der Waals surface area contributed by atoms with Gasteiger partial charge in [0.05, 0.1) is 16.2 Å². The van der Waals surface area contributed by atoms with Gasteiger partial charge >= 0.3 is 0 Å². The molecule has 2 aromatic heterocycles. The monoisotopic (exact) mass is 437 g/mol. The fourth-order valence-electron chi connectivity index (χ4n) is 3.25. The zero-order chi connectivity index (χ0) is 19.7. The minimum atomic E-state index is -0.523. The number of carbonyl (C=O) groups is 1. The number of anilines is 1. The second kappa shape index (κ2) is 8.23. The summed E-state index contributed by atoms with van der Waals surface area (Å²) in [6, 6.07) is 4.06. The van der Waals surface area contributed by atoms with Gasteiger partial charge in [0.1, 0.15) is 16.5 Å². The molecule has 0 bridgehead atoms. The number of thioether (sulfide) groups is 1. The second-order valence-corrected chi connectivity index (χ2v) is 9.13. The number of thiophene rings is 1. The van der Waals surface area contributed by atoms with Crippen molar-refractivity contribution in [3.63, 3.8) is 0 Å². The molecule has 0 fully saturated rings. The summed E-state index contributed by atoms with van der Waals surface area (Å²) in [6.07, 6.45) is 3.40. The van der Waals surface area contributed by atoms with E-state index in [4.69, 9.17) is 11.6 Å². The fraction of sp³-hybridized carbons (Fsp3) is 0.316. The second-order valence-electron chi connectivity index (χ2n) is 6.53. The van der Waals surface area contributed by atoms with Crippen molar-refractivity contribution < 1.29 is 9.18 Å². The Balaban J connectivity index is 1.31. The van der Waals surface area contributed by atoms with Crippen LogP contribution in [0.1, 0.15) is 29.1 Å². The molecule has 0 saturated heterocycles. The van der Waals surface area contributed by atoms with E-state index < -0.39 is 5.82 Å². The number of benzene rings is 1. The summed E-state index contributed by atoms with van der Waals surface area (Å²) in [5, 5.41) is 3.41. The van der Waals surface area contributed by atoms with E-state index in [1.165, 1.54) is 40.4 Å². The topological polar surface area (TPSA) is 74.8 Å². The van der Waals surface area contributed by atoms with E-state index >= 15 is 0 Å². The Kier molecular flexibility index (Phi) is 5.70. The third-order valence-corrected chi connectivity index (χ3v) is 6.99. The number of nitrogens with one attached hydrogen (secondary N) is 2. The van der Waals surface area contributed by atoms with Gasteiger partial charge in [-0.2, -0.15) is 11.8 Å². The lowest BCUT2D eigenvalue weighted by molar-refractivity contribution is -0.115. The Hall–Kier alpha value is -1.90. The molecule has 0 saturated carbocycles. The molecule has 5 nitrogen and oxygen atoms in total. The van der Waals surface area contributed by atoms with Gasteiger partial charge < -0.3 is 10.3 Å². The number of fused-ring (bicyclic) bond motifs is 3. The van der Waals surface area contributed by atoms with Gasteiger partial charge in [-0.1, -0.05) is 11.6 Å². The number of aromatic amines is 1. The maximum atomic E-state index is 13.1. The van der Waals surface area contributed by atoms with Crippen LogP contribution in [0.2, 0.25) is 5.02 Å². The van der Waals surface area contributed by atoms with E-state index in [9.17, 15) is 14.0 Å². The van der Waals surface area contributed by atoms with Gasteiger partial charge in [0.2, 0.25) is 5.91 Å². The Morgan fingerprint density at radius 2 is 2.25 bits per heavy atom. The van der Waals surface area contributed by atoms with Crippen molar-refractivity contribution in [2.45, 2.75) is 31.4 Å². The summed E-state index contributed by atoms with van der Waals surface area (Å²) >= 11 is 8.85. The molecule has 0 atom stereocenters. The van der Waals surface area contributed by atoms with Gasteiger partial charge in [0, 0.05) is 22.7 Å². The lowest BCUT2D eigenvalue weighted by Crippen LogP contribution is -2.13. The van der Waals surface area contributed by atoms with Crippen LogP contribution in [0.4, 0.5) is 10.1 Å². The molecule has 0 radical (unpaired) electrons. The van der Waals surface area contributed by atoms with Gasteiger partial charge in [-0.15, -0.1) is 11.3 Å². The molecule has 4 rings (SSSR count). The largest absolute Gasteiger partial charge is 0.326 e. The number of aryl methyl sites for hydroxylation is 2. The van der Waals surface area contributed by atoms with E-state index in [1.54, 1.807) is 11.3 Å². The van der Waals surface area contributed by atoms with Crippen molar-refractivity contribution >= 4 is 56.5 Å². The molecule has 0 spiro atoms. The highest BCUT2D eigenvalue weighted by Gasteiger charge is 2.21. The molecular formula is C19H17ClFN3O2S2. The molecule has 1 aromatic carbocycles. The Bertz CT molecular complexity index is 1110. The van der Waals surface area contributed by atoms with Crippen molar-refractivity contribution in [2.75, 3.05) is 11.1 Å². The van der Waals surface area contributed by atoms with E-state index in [-0.39, 0.29) is 16.5 Å². The minimum Gasteiger partial charge on any atom is -0.326 e. The maximum Gasteiger partial charge on any atom is 0.259 e. The molecule has 28 heavy (non-hydrogen) atoms. The maximum absolute atomic E-state index is 13.1. The van der Waals surface area contributed by atoms with Crippen LogP contribution in [0.25, 0.3) is 10.2 Å². The molecule has 1 aliphatic carbocycles. The highest BCUT2D eigenvalue weighted by Crippen LogP contribution is 2.34. The van der Waals surface area contributed by atoms with Crippen LogP contribution >= 0.6 is 34.7 Å². The minimum absolute atomic E-state index is 0.0304. The van der Waals surface area contributed by atoms with Crippen LogP contribution in [-0.4, -0.2) is 21.6 Å². The van der Waals surface area contributed by atoms with Gasteiger partial charge in [-0.3, -0.25) is 9.59 Å². The zero-order valence-electron chi connectivity index (χ0n) is 14.8. The Morgan fingerprint density at radius 1 is 1.39 bits per heavy atom. The summed E-state index contributed by atoms with van der Waals surface area (Å²) < 4.78 is 13.1. The first-order valence-corrected chi connectivity index (χ1v) is 11.2. The summed E-state index contributed by atoms with van der Waals surface area (Å²) in [7, 11) is 0. The molecular weight excluding hydrogens is 421 g/mol. The van der Waals surface area contributed by atoms with Crippen LogP contribution < -0.4 is 10.9 Å². The number of carbonyl (C=O) groups excluding carboxylic acids is 1. The van der Waals surface area contributed by atoms with Crippen molar-refractivity contribution in [3.05, 3.63) is 55.7 Å². The smallest absolute Gasteiger partial charge is 0.259 e. The Morgan fingerprint density at radius 3 is 3.07 bits per heavy atom. The van der Waals surface area contributed by atoms with Gasteiger partial charge in [-0.25, -0.2) is 9.37 Å². The number of hydrogen-bond acceptors (Lipinski definition) is 5. The highest BCUT2D eigenvalue weighted by atomic mass is 35.5. The van der Waals surface area contributed by atoms with Crippen molar-refractivity contribution in [1.82, 2.24) is 9.97 Å². The standard InChI is InChI=1S/C19H17ClFN3O2S2/c20-12-8-10(4-5-13(12)21)22-16(25)6-7-27-9-15-23-18(26)17-11-2-1-3-14(11)28-19(17)24-15/h4-5,8H,1-3,6-7,9H2,(H,22,25)(H,23,24,26). The molecule has 3 aromatic rings. The number of halogens is 2. The summed E-state index contributed by atoms with van der Waals surface area (Å²) in [4.78, 5) is 34.0. The average Bonchev–Trinajstić information content (AvgIpc) is 3.22. The van der Waals surface area contributed by atoms with Crippen LogP contribution in [0.5, 0.6) is 0 Å². The highest BCUT2D eigenvalue weighted by molar-refractivity contribution is 7.98. The van der Waals surface area contributed by atoms with E-state index in [2.05, 4.69) is 15.3 Å². The number of hydrogen-bond donors (Lipinski definition) is 2. The fourth-order valence-corrected chi connectivity index (χ4v) is 5.51. The number of rotatable bonds is 6. The molecule has 2 N–H and O–H groups in total. The quantitative estimate of drug-likeness (QED) is 0.555. The predicted octanol–water partition coefficient (Wildman–Crippen LogP) is 4.53. The lowest BCUT2D eigenvalue weighted by atomic mass is 10.2. The number of amides is 1. The lowest BCUT2D eigenvalue weighted by Gasteiger charge is -2.06. The first kappa shape index (κ1) is 19.4. The molecule has 146 valence electrons. The van der Waals surface area contributed by atoms with Crippen LogP contribution in [-0.2, 0) is 23.4 Å². The summed E-state index contributed by atoms with van der Waals surface area (Å²) in [5.74, 6) is 1.03. The van der Waals surface area contributed by atoms with Crippen LogP contribution in [0.15, 0.2) is 23.0 Å². The van der Waals surface area contributed by atoms with E-state index in [1.807, 2.05) is 0 Å². The molecule has 0 unspecified atom stereocenters. The average molecular weight is 438 g/mol. The third-order valence-electron chi connectivity index (χ3n) is 4.54. The van der Waals surface area contributed by atoms with Gasteiger partial charge in [0.25, 0.3) is 5.56 Å². The molecule has 0 aliphatic heterocycles. The number of H-pyrrole nitrogens is 1. The van der Waals surface area contributed by atoms with Crippen LogP contribution in [0.3, 0.4) is 0 Å². The van der Waals surface area contributed by atoms with Crippen molar-refractivity contribution in [1.29, 1.82) is 0 Å². The third kappa shape index (κ3) is 4.09. The van der Waals surface area contributed by atoms with E-state index in [0.29, 0.717) is 29.4 Å². The van der Waals surface area contributed by atoms with Gasteiger partial charge in [-0.05, 0) is 43.0 Å². The molecule has 2 heterocycles. The number of nitrogens with zero attached hydrogens (tertiary/aromatic N) is 1.